The lowest BCUT2D eigenvalue weighted by Gasteiger charge is -2.11. The van der Waals surface area contributed by atoms with Crippen LogP contribution in [-0.4, -0.2) is 18.6 Å². The second-order valence-corrected chi connectivity index (χ2v) is 5.60. The SMILES string of the molecule is CCCNc1ccc2c(OC)c(Br)cc(Br)c2n1. The van der Waals surface area contributed by atoms with Crippen LogP contribution in [0.4, 0.5) is 5.82 Å². The van der Waals surface area contributed by atoms with E-state index in [2.05, 4.69) is 49.1 Å². The highest BCUT2D eigenvalue weighted by atomic mass is 79.9. The number of halogens is 2. The van der Waals surface area contributed by atoms with Gasteiger partial charge in [0.1, 0.15) is 11.6 Å². The summed E-state index contributed by atoms with van der Waals surface area (Å²) in [5.41, 5.74) is 0.899. The van der Waals surface area contributed by atoms with Crippen molar-refractivity contribution in [1.82, 2.24) is 4.98 Å². The van der Waals surface area contributed by atoms with Crippen molar-refractivity contribution in [2.24, 2.45) is 0 Å². The van der Waals surface area contributed by atoms with Gasteiger partial charge in [0.05, 0.1) is 17.1 Å². The zero-order chi connectivity index (χ0) is 13.1. The molecule has 0 aliphatic rings. The first-order valence-electron chi connectivity index (χ1n) is 5.74. The van der Waals surface area contributed by atoms with Gasteiger partial charge in [-0.05, 0) is 56.5 Å². The van der Waals surface area contributed by atoms with Crippen LogP contribution in [0, 0.1) is 0 Å². The summed E-state index contributed by atoms with van der Waals surface area (Å²) in [5.74, 6) is 1.69. The summed E-state index contributed by atoms with van der Waals surface area (Å²) < 4.78 is 7.27. The Balaban J connectivity index is 2.56. The van der Waals surface area contributed by atoms with E-state index in [4.69, 9.17) is 4.74 Å². The van der Waals surface area contributed by atoms with E-state index >= 15 is 0 Å². The molecule has 3 nitrogen and oxygen atoms in total. The lowest BCUT2D eigenvalue weighted by molar-refractivity contribution is 0.417. The summed E-state index contributed by atoms with van der Waals surface area (Å²) >= 11 is 7.03. The summed E-state index contributed by atoms with van der Waals surface area (Å²) in [4.78, 5) is 4.60. The molecule has 0 aliphatic carbocycles. The molecular formula is C13H14Br2N2O. The monoisotopic (exact) mass is 372 g/mol. The smallest absolute Gasteiger partial charge is 0.142 e. The van der Waals surface area contributed by atoms with Gasteiger partial charge in [0, 0.05) is 16.4 Å². The number of fused-ring (bicyclic) bond motifs is 1. The van der Waals surface area contributed by atoms with Gasteiger partial charge in [-0.3, -0.25) is 0 Å². The van der Waals surface area contributed by atoms with Gasteiger partial charge < -0.3 is 10.1 Å². The van der Waals surface area contributed by atoms with Crippen LogP contribution in [0.2, 0.25) is 0 Å². The molecule has 1 aromatic carbocycles. The van der Waals surface area contributed by atoms with Gasteiger partial charge in [0.15, 0.2) is 0 Å². The summed E-state index contributed by atoms with van der Waals surface area (Å²) in [7, 11) is 1.66. The van der Waals surface area contributed by atoms with Crippen molar-refractivity contribution < 1.29 is 4.74 Å². The predicted molar refractivity (Wildman–Crippen MR) is 82.5 cm³/mol. The Labute approximate surface area is 123 Å². The van der Waals surface area contributed by atoms with E-state index < -0.39 is 0 Å². The largest absolute Gasteiger partial charge is 0.495 e. The third-order valence-electron chi connectivity index (χ3n) is 2.60. The molecule has 0 bridgehead atoms. The molecule has 0 unspecified atom stereocenters. The number of methoxy groups -OCH3 is 1. The minimum atomic E-state index is 0.808. The molecule has 18 heavy (non-hydrogen) atoms. The summed E-state index contributed by atoms with van der Waals surface area (Å²) in [6.45, 7) is 3.05. The Morgan fingerprint density at radius 1 is 1.28 bits per heavy atom. The molecule has 0 radical (unpaired) electrons. The van der Waals surface area contributed by atoms with Gasteiger partial charge in [-0.2, -0.15) is 0 Å². The first kappa shape index (κ1) is 13.6. The maximum Gasteiger partial charge on any atom is 0.142 e. The first-order chi connectivity index (χ1) is 8.67. The topological polar surface area (TPSA) is 34.1 Å². The standard InChI is InChI=1S/C13H14Br2N2O/c1-3-6-16-11-5-4-8-12(17-11)9(14)7-10(15)13(8)18-2/h4-5,7H,3,6H2,1-2H3,(H,16,17). The van der Waals surface area contributed by atoms with E-state index in [1.54, 1.807) is 7.11 Å². The van der Waals surface area contributed by atoms with E-state index in [9.17, 15) is 0 Å². The molecule has 2 rings (SSSR count). The zero-order valence-corrected chi connectivity index (χ0v) is 13.4. The number of benzene rings is 1. The first-order valence-corrected chi connectivity index (χ1v) is 7.32. The average Bonchev–Trinajstić information content (AvgIpc) is 2.37. The second-order valence-electron chi connectivity index (χ2n) is 3.89. The van der Waals surface area contributed by atoms with E-state index in [1.165, 1.54) is 0 Å². The molecule has 0 amide bonds. The highest BCUT2D eigenvalue weighted by Gasteiger charge is 2.11. The van der Waals surface area contributed by atoms with Crippen LogP contribution in [0.25, 0.3) is 10.9 Å². The number of pyridine rings is 1. The molecule has 0 saturated heterocycles. The number of rotatable bonds is 4. The summed E-state index contributed by atoms with van der Waals surface area (Å²) in [6, 6.07) is 5.95. The van der Waals surface area contributed by atoms with Crippen LogP contribution >= 0.6 is 31.9 Å². The van der Waals surface area contributed by atoms with Crippen molar-refractivity contribution in [3.8, 4) is 5.75 Å². The minimum Gasteiger partial charge on any atom is -0.495 e. The number of hydrogen-bond donors (Lipinski definition) is 1. The highest BCUT2D eigenvalue weighted by molar-refractivity contribution is 9.11. The van der Waals surface area contributed by atoms with Crippen molar-refractivity contribution in [2.75, 3.05) is 19.0 Å². The van der Waals surface area contributed by atoms with Crippen LogP contribution in [0.5, 0.6) is 5.75 Å². The van der Waals surface area contributed by atoms with Crippen molar-refractivity contribution >= 4 is 48.6 Å². The van der Waals surface area contributed by atoms with E-state index in [0.29, 0.717) is 0 Å². The van der Waals surface area contributed by atoms with Gasteiger partial charge in [-0.15, -0.1) is 0 Å². The normalized spacial score (nSPS) is 10.7. The van der Waals surface area contributed by atoms with Crippen LogP contribution in [-0.2, 0) is 0 Å². The van der Waals surface area contributed by atoms with Gasteiger partial charge in [0.2, 0.25) is 0 Å². The van der Waals surface area contributed by atoms with Gasteiger partial charge in [-0.25, -0.2) is 4.98 Å². The number of hydrogen-bond acceptors (Lipinski definition) is 3. The predicted octanol–water partition coefficient (Wildman–Crippen LogP) is 4.59. The number of anilines is 1. The fourth-order valence-electron chi connectivity index (χ4n) is 1.76. The molecule has 96 valence electrons. The summed E-state index contributed by atoms with van der Waals surface area (Å²) in [6.07, 6.45) is 1.07. The van der Waals surface area contributed by atoms with E-state index in [0.717, 1.165) is 44.4 Å². The second kappa shape index (κ2) is 5.89. The minimum absolute atomic E-state index is 0.808. The van der Waals surface area contributed by atoms with Crippen molar-refractivity contribution in [3.63, 3.8) is 0 Å². The third-order valence-corrected chi connectivity index (χ3v) is 3.79. The maximum absolute atomic E-state index is 5.41. The van der Waals surface area contributed by atoms with Gasteiger partial charge >= 0.3 is 0 Å². The van der Waals surface area contributed by atoms with Crippen LogP contribution in [0.3, 0.4) is 0 Å². The molecule has 2 aromatic rings. The van der Waals surface area contributed by atoms with Crippen molar-refractivity contribution in [2.45, 2.75) is 13.3 Å². The summed E-state index contributed by atoms with van der Waals surface area (Å²) in [5, 5.41) is 4.27. The third kappa shape index (κ3) is 2.62. The molecule has 1 heterocycles. The fraction of sp³-hybridized carbons (Fsp3) is 0.308. The molecule has 1 aromatic heterocycles. The maximum atomic E-state index is 5.41. The quantitative estimate of drug-likeness (QED) is 0.850. The lowest BCUT2D eigenvalue weighted by Crippen LogP contribution is -2.02. The van der Waals surface area contributed by atoms with Gasteiger partial charge in [0.25, 0.3) is 0 Å². The number of aromatic nitrogens is 1. The molecule has 0 fully saturated rings. The Hall–Kier alpha value is -0.810. The molecule has 0 saturated carbocycles. The van der Waals surface area contributed by atoms with Crippen LogP contribution in [0.15, 0.2) is 27.1 Å². The lowest BCUT2D eigenvalue weighted by atomic mass is 10.2. The molecular weight excluding hydrogens is 360 g/mol. The van der Waals surface area contributed by atoms with E-state index in [1.807, 2.05) is 18.2 Å². The molecule has 1 N–H and O–H groups in total. The Kier molecular flexibility index (Phi) is 4.45. The van der Waals surface area contributed by atoms with Crippen molar-refractivity contribution in [3.05, 3.63) is 27.1 Å². The molecule has 0 atom stereocenters. The van der Waals surface area contributed by atoms with E-state index in [-0.39, 0.29) is 0 Å². The van der Waals surface area contributed by atoms with Gasteiger partial charge in [-0.1, -0.05) is 6.92 Å². The Bertz CT molecular complexity index is 572. The van der Waals surface area contributed by atoms with Crippen molar-refractivity contribution in [1.29, 1.82) is 0 Å². The molecule has 0 aliphatic heterocycles. The number of nitrogens with zero attached hydrogens (tertiary/aromatic N) is 1. The average molecular weight is 374 g/mol. The van der Waals surface area contributed by atoms with Crippen LogP contribution < -0.4 is 10.1 Å². The fourth-order valence-corrected chi connectivity index (χ4v) is 3.20. The zero-order valence-electron chi connectivity index (χ0n) is 10.3. The number of ether oxygens (including phenoxy) is 1. The molecule has 0 spiro atoms. The Morgan fingerprint density at radius 3 is 2.72 bits per heavy atom. The number of nitrogens with one attached hydrogen (secondary N) is 1. The Morgan fingerprint density at radius 2 is 2.06 bits per heavy atom. The highest BCUT2D eigenvalue weighted by Crippen LogP contribution is 2.37. The van der Waals surface area contributed by atoms with Crippen LogP contribution in [0.1, 0.15) is 13.3 Å². The molecule has 5 heteroatoms.